The molecule has 3 aromatic rings. The maximum absolute atomic E-state index is 12.0. The molecule has 4 rings (SSSR count). The topological polar surface area (TPSA) is 88.2 Å². The van der Waals surface area contributed by atoms with Crippen LogP contribution in [0.5, 0.6) is 0 Å². The number of hydrogen-bond donors (Lipinski definition) is 1. The molecule has 2 aromatic heterocycles. The average Bonchev–Trinajstić information content (AvgIpc) is 3.20. The fourth-order valence-corrected chi connectivity index (χ4v) is 4.75. The van der Waals surface area contributed by atoms with Crippen LogP contribution >= 0.6 is 11.6 Å². The van der Waals surface area contributed by atoms with Crippen LogP contribution in [0.25, 0.3) is 22.4 Å². The largest absolute Gasteiger partial charge is 0.338 e. The lowest BCUT2D eigenvalue weighted by molar-refractivity contribution is 0.268. The lowest BCUT2D eigenvalue weighted by Gasteiger charge is -2.30. The Bertz CT molecular complexity index is 1080. The summed E-state index contributed by atoms with van der Waals surface area (Å²) in [5.74, 6) is 0.162. The molecule has 0 amide bonds. The zero-order valence-electron chi connectivity index (χ0n) is 15.9. The molecular formula is C20H21ClN4O3S. The summed E-state index contributed by atoms with van der Waals surface area (Å²) < 4.78 is 30.0. The van der Waals surface area contributed by atoms with E-state index in [2.05, 4.69) is 19.4 Å². The van der Waals surface area contributed by atoms with Gasteiger partial charge < -0.3 is 0 Å². The van der Waals surface area contributed by atoms with Crippen LogP contribution in [0.15, 0.2) is 48.8 Å². The monoisotopic (exact) mass is 432 g/mol. The Labute approximate surface area is 174 Å². The standard InChI is InChI=1S/C20H21ClN4O3S/c1-28-29(26,27)25-12-8-16(9-13-25)20-18(14-6-10-22-11-7-14)19(23-24-20)15-2-4-17(21)5-3-15/h2-7,10-11,16H,8-9,12-13H2,1H3,(H,23,24). The minimum Gasteiger partial charge on any atom is -0.281 e. The van der Waals surface area contributed by atoms with Gasteiger partial charge in [0.1, 0.15) is 5.69 Å². The third-order valence-electron chi connectivity index (χ3n) is 5.27. The quantitative estimate of drug-likeness (QED) is 0.661. The number of nitrogens with zero attached hydrogens (tertiary/aromatic N) is 3. The fraction of sp³-hybridized carbons (Fsp3) is 0.300. The number of nitrogens with one attached hydrogen (secondary N) is 1. The molecule has 9 heteroatoms. The molecule has 0 spiro atoms. The number of H-pyrrole nitrogens is 1. The van der Waals surface area contributed by atoms with Crippen LogP contribution in [0, 0.1) is 0 Å². The van der Waals surface area contributed by atoms with Crippen LogP contribution in [0.2, 0.25) is 5.02 Å². The van der Waals surface area contributed by atoms with E-state index in [1.54, 1.807) is 12.4 Å². The summed E-state index contributed by atoms with van der Waals surface area (Å²) in [7, 11) is -2.45. The van der Waals surface area contributed by atoms with Crippen molar-refractivity contribution in [2.24, 2.45) is 0 Å². The van der Waals surface area contributed by atoms with E-state index >= 15 is 0 Å². The van der Waals surface area contributed by atoms with Gasteiger partial charge in [-0.15, -0.1) is 0 Å². The van der Waals surface area contributed by atoms with Crippen molar-refractivity contribution in [1.29, 1.82) is 0 Å². The minimum absolute atomic E-state index is 0.162. The van der Waals surface area contributed by atoms with Crippen molar-refractivity contribution >= 4 is 21.9 Å². The molecule has 1 N–H and O–H groups in total. The molecule has 3 heterocycles. The highest BCUT2D eigenvalue weighted by molar-refractivity contribution is 7.84. The average molecular weight is 433 g/mol. The van der Waals surface area contributed by atoms with E-state index in [-0.39, 0.29) is 5.92 Å². The number of hydrogen-bond acceptors (Lipinski definition) is 5. The Balaban J connectivity index is 1.71. The minimum atomic E-state index is -3.64. The van der Waals surface area contributed by atoms with Crippen molar-refractivity contribution in [3.63, 3.8) is 0 Å². The first kappa shape index (κ1) is 20.0. The van der Waals surface area contributed by atoms with Crippen LogP contribution in [0.1, 0.15) is 24.5 Å². The number of pyridine rings is 1. The van der Waals surface area contributed by atoms with Crippen molar-refractivity contribution in [1.82, 2.24) is 19.5 Å². The Morgan fingerprint density at radius 1 is 1.07 bits per heavy atom. The van der Waals surface area contributed by atoms with Gasteiger partial charge in [0.15, 0.2) is 0 Å². The predicted molar refractivity (Wildman–Crippen MR) is 112 cm³/mol. The van der Waals surface area contributed by atoms with Crippen molar-refractivity contribution in [3.8, 4) is 22.4 Å². The summed E-state index contributed by atoms with van der Waals surface area (Å²) in [5, 5.41) is 8.50. The molecule has 1 fully saturated rings. The summed E-state index contributed by atoms with van der Waals surface area (Å²) in [6.45, 7) is 0.817. The van der Waals surface area contributed by atoms with Gasteiger partial charge in [0, 0.05) is 53.2 Å². The van der Waals surface area contributed by atoms with Gasteiger partial charge in [-0.3, -0.25) is 14.3 Å². The summed E-state index contributed by atoms with van der Waals surface area (Å²) >= 11 is 6.04. The van der Waals surface area contributed by atoms with Crippen molar-refractivity contribution in [3.05, 3.63) is 59.5 Å². The maximum atomic E-state index is 12.0. The molecule has 0 aliphatic carbocycles. The van der Waals surface area contributed by atoms with E-state index in [0.29, 0.717) is 31.0 Å². The second-order valence-corrected chi connectivity index (χ2v) is 9.04. The lowest BCUT2D eigenvalue weighted by atomic mass is 9.88. The first-order valence-electron chi connectivity index (χ1n) is 9.30. The van der Waals surface area contributed by atoms with Gasteiger partial charge in [-0.1, -0.05) is 23.7 Å². The predicted octanol–water partition coefficient (Wildman–Crippen LogP) is 3.86. The molecule has 0 saturated carbocycles. The molecule has 29 heavy (non-hydrogen) atoms. The lowest BCUT2D eigenvalue weighted by Crippen LogP contribution is -2.38. The van der Waals surface area contributed by atoms with Crippen molar-refractivity contribution in [2.45, 2.75) is 18.8 Å². The highest BCUT2D eigenvalue weighted by atomic mass is 35.5. The summed E-state index contributed by atoms with van der Waals surface area (Å²) in [6, 6.07) is 11.5. The molecule has 0 bridgehead atoms. The van der Waals surface area contributed by atoms with Crippen LogP contribution in [-0.2, 0) is 14.5 Å². The molecule has 1 aliphatic heterocycles. The Hall–Kier alpha value is -2.26. The first-order valence-corrected chi connectivity index (χ1v) is 11.0. The van der Waals surface area contributed by atoms with E-state index < -0.39 is 10.3 Å². The van der Waals surface area contributed by atoms with Gasteiger partial charge in [-0.2, -0.15) is 17.8 Å². The second kappa shape index (κ2) is 8.23. The highest BCUT2D eigenvalue weighted by Crippen LogP contribution is 2.40. The number of rotatable bonds is 5. The molecule has 0 atom stereocenters. The highest BCUT2D eigenvalue weighted by Gasteiger charge is 2.31. The molecule has 1 aromatic carbocycles. The van der Waals surface area contributed by atoms with E-state index in [4.69, 9.17) is 11.6 Å². The van der Waals surface area contributed by atoms with Crippen LogP contribution < -0.4 is 0 Å². The van der Waals surface area contributed by atoms with Crippen LogP contribution in [0.3, 0.4) is 0 Å². The van der Waals surface area contributed by atoms with Gasteiger partial charge >= 0.3 is 10.3 Å². The molecular weight excluding hydrogens is 412 g/mol. The van der Waals surface area contributed by atoms with E-state index in [1.807, 2.05) is 36.4 Å². The SMILES string of the molecule is COS(=O)(=O)N1CCC(c2[nH]nc(-c3ccc(Cl)cc3)c2-c2ccncc2)CC1. The molecule has 0 radical (unpaired) electrons. The zero-order chi connectivity index (χ0) is 20.4. The van der Waals surface area contributed by atoms with Crippen molar-refractivity contribution < 1.29 is 12.6 Å². The maximum Gasteiger partial charge on any atom is 0.338 e. The number of benzene rings is 1. The van der Waals surface area contributed by atoms with Gasteiger partial charge in [0.2, 0.25) is 0 Å². The van der Waals surface area contributed by atoms with Crippen LogP contribution in [-0.4, -0.2) is 48.1 Å². The fourth-order valence-electron chi connectivity index (χ4n) is 3.75. The number of aromatic nitrogens is 3. The Morgan fingerprint density at radius 3 is 2.34 bits per heavy atom. The zero-order valence-corrected chi connectivity index (χ0v) is 17.4. The van der Waals surface area contributed by atoms with E-state index in [1.165, 1.54) is 11.4 Å². The first-order chi connectivity index (χ1) is 14.0. The Morgan fingerprint density at radius 2 is 1.72 bits per heavy atom. The third-order valence-corrected chi connectivity index (χ3v) is 6.94. The van der Waals surface area contributed by atoms with E-state index in [9.17, 15) is 8.42 Å². The molecule has 1 aliphatic rings. The molecule has 152 valence electrons. The van der Waals surface area contributed by atoms with Gasteiger partial charge in [-0.25, -0.2) is 0 Å². The van der Waals surface area contributed by atoms with Gasteiger partial charge in [0.05, 0.1) is 7.11 Å². The van der Waals surface area contributed by atoms with Crippen molar-refractivity contribution in [2.75, 3.05) is 20.2 Å². The summed E-state index contributed by atoms with van der Waals surface area (Å²) in [6.07, 6.45) is 4.88. The molecule has 7 nitrogen and oxygen atoms in total. The van der Waals surface area contributed by atoms with Crippen LogP contribution in [0.4, 0.5) is 0 Å². The smallest absolute Gasteiger partial charge is 0.281 e. The number of aromatic amines is 1. The summed E-state index contributed by atoms with van der Waals surface area (Å²) in [5.41, 5.74) is 4.84. The normalized spacial score (nSPS) is 16.2. The summed E-state index contributed by atoms with van der Waals surface area (Å²) in [4.78, 5) is 4.12. The molecule has 1 saturated heterocycles. The Kier molecular flexibility index (Phi) is 5.69. The van der Waals surface area contributed by atoms with Gasteiger partial charge in [0.25, 0.3) is 0 Å². The van der Waals surface area contributed by atoms with Gasteiger partial charge in [-0.05, 0) is 42.7 Å². The molecule has 0 unspecified atom stereocenters. The van der Waals surface area contributed by atoms with E-state index in [0.717, 1.165) is 28.1 Å². The number of halogens is 1. The number of piperidine rings is 1. The second-order valence-electron chi connectivity index (χ2n) is 6.90. The third kappa shape index (κ3) is 4.06.